The third kappa shape index (κ3) is 5.08. The molecule has 1 aliphatic rings. The van der Waals surface area contributed by atoms with E-state index in [9.17, 15) is 22.8 Å². The number of aromatic amines is 1. The van der Waals surface area contributed by atoms with Gasteiger partial charge in [-0.05, 0) is 25.1 Å². The number of nitrogens with one attached hydrogen (secondary N) is 1. The molecule has 4 rings (SSSR count). The Balaban J connectivity index is 1.42. The molecule has 0 radical (unpaired) electrons. The maximum Gasteiger partial charge on any atom is 0.419 e. The Hall–Kier alpha value is -4.40. The van der Waals surface area contributed by atoms with Crippen LogP contribution < -0.4 is 15.2 Å². The molecule has 1 aliphatic heterocycles. The fraction of sp³-hybridized carbons (Fsp3) is 0.261. The molecule has 0 spiro atoms. The molecular formula is C23H19F3N6O3. The van der Waals surface area contributed by atoms with Crippen LogP contribution in [-0.4, -0.2) is 57.2 Å². The van der Waals surface area contributed by atoms with E-state index in [-0.39, 0.29) is 23.3 Å². The van der Waals surface area contributed by atoms with Crippen molar-refractivity contribution in [2.75, 3.05) is 31.1 Å². The number of halogens is 3. The van der Waals surface area contributed by atoms with Gasteiger partial charge in [-0.25, -0.2) is 15.1 Å². The van der Waals surface area contributed by atoms with Gasteiger partial charge in [-0.1, -0.05) is 12.0 Å². The zero-order chi connectivity index (χ0) is 25.2. The summed E-state index contributed by atoms with van der Waals surface area (Å²) >= 11 is 0. The highest BCUT2D eigenvalue weighted by Gasteiger charge is 2.32. The maximum atomic E-state index is 13.0. The summed E-state index contributed by atoms with van der Waals surface area (Å²) in [4.78, 5) is 35.7. The monoisotopic (exact) mass is 484 g/mol. The molecule has 12 heteroatoms. The van der Waals surface area contributed by atoms with Gasteiger partial charge in [-0.3, -0.25) is 9.59 Å². The summed E-state index contributed by atoms with van der Waals surface area (Å²) < 4.78 is 43.9. The molecule has 1 aromatic carbocycles. The zero-order valence-electron chi connectivity index (χ0n) is 18.5. The highest BCUT2D eigenvalue weighted by Crippen LogP contribution is 2.28. The number of carbonyl (C=O) groups excluding carboxylic acids is 1. The van der Waals surface area contributed by atoms with Gasteiger partial charge in [0.05, 0.1) is 11.1 Å². The van der Waals surface area contributed by atoms with E-state index in [1.165, 1.54) is 0 Å². The number of anilines is 1. The van der Waals surface area contributed by atoms with Gasteiger partial charge in [-0.2, -0.15) is 13.2 Å². The Labute approximate surface area is 197 Å². The SMILES string of the molecule is C#Cc1c(C)c(Oc2cccc(C(=O)N3CCN(c4ncc(C(F)(F)F)cn4)CC3)c2)n[nH]c1=O. The summed E-state index contributed by atoms with van der Waals surface area (Å²) in [5, 5.41) is 6.15. The van der Waals surface area contributed by atoms with Gasteiger partial charge in [0, 0.05) is 49.7 Å². The van der Waals surface area contributed by atoms with Crippen LogP contribution >= 0.6 is 0 Å². The van der Waals surface area contributed by atoms with E-state index in [0.717, 1.165) is 12.4 Å². The van der Waals surface area contributed by atoms with E-state index < -0.39 is 17.3 Å². The van der Waals surface area contributed by atoms with E-state index >= 15 is 0 Å². The molecule has 1 fully saturated rings. The molecule has 3 heterocycles. The Morgan fingerprint density at radius 2 is 1.86 bits per heavy atom. The number of hydrogen-bond donors (Lipinski definition) is 1. The summed E-state index contributed by atoms with van der Waals surface area (Å²) in [5.74, 6) is 2.69. The average molecular weight is 484 g/mol. The van der Waals surface area contributed by atoms with Gasteiger partial charge in [-0.15, -0.1) is 11.5 Å². The summed E-state index contributed by atoms with van der Waals surface area (Å²) in [6, 6.07) is 6.48. The maximum absolute atomic E-state index is 13.0. The molecule has 3 aromatic rings. The van der Waals surface area contributed by atoms with Crippen LogP contribution in [0.1, 0.15) is 27.0 Å². The number of benzene rings is 1. The molecule has 0 bridgehead atoms. The second kappa shape index (κ2) is 9.46. The first-order valence-electron chi connectivity index (χ1n) is 10.4. The van der Waals surface area contributed by atoms with Gasteiger partial charge in [0.2, 0.25) is 11.8 Å². The third-order valence-electron chi connectivity index (χ3n) is 5.44. The number of piperazine rings is 1. The topological polar surface area (TPSA) is 104 Å². The summed E-state index contributed by atoms with van der Waals surface area (Å²) in [6.07, 6.45) is 2.36. The Morgan fingerprint density at radius 3 is 2.49 bits per heavy atom. The van der Waals surface area contributed by atoms with Crippen molar-refractivity contribution in [1.82, 2.24) is 25.1 Å². The van der Waals surface area contributed by atoms with E-state index in [1.807, 2.05) is 0 Å². The number of aromatic nitrogens is 4. The first-order chi connectivity index (χ1) is 16.7. The number of amides is 1. The predicted molar refractivity (Wildman–Crippen MR) is 119 cm³/mol. The van der Waals surface area contributed by atoms with Crippen molar-refractivity contribution >= 4 is 11.9 Å². The Morgan fingerprint density at radius 1 is 1.17 bits per heavy atom. The normalized spacial score (nSPS) is 13.9. The summed E-state index contributed by atoms with van der Waals surface area (Å²) in [5.41, 5.74) is -0.533. The van der Waals surface area contributed by atoms with Crippen LogP contribution in [-0.2, 0) is 6.18 Å². The van der Waals surface area contributed by atoms with Crippen molar-refractivity contribution < 1.29 is 22.7 Å². The smallest absolute Gasteiger partial charge is 0.419 e. The van der Waals surface area contributed by atoms with Gasteiger partial charge >= 0.3 is 6.18 Å². The lowest BCUT2D eigenvalue weighted by Crippen LogP contribution is -2.49. The van der Waals surface area contributed by atoms with Gasteiger partial charge < -0.3 is 14.5 Å². The van der Waals surface area contributed by atoms with Gasteiger partial charge in [0.15, 0.2) is 0 Å². The number of ether oxygens (including phenoxy) is 1. The van der Waals surface area contributed by atoms with E-state index in [4.69, 9.17) is 11.2 Å². The van der Waals surface area contributed by atoms with Gasteiger partial charge in [0.25, 0.3) is 11.5 Å². The molecule has 0 atom stereocenters. The molecular weight excluding hydrogens is 465 g/mol. The molecule has 0 aliphatic carbocycles. The van der Waals surface area contributed by atoms with Gasteiger partial charge in [0.1, 0.15) is 5.75 Å². The van der Waals surface area contributed by atoms with Crippen LogP contribution in [0.2, 0.25) is 0 Å². The number of nitrogens with zero attached hydrogens (tertiary/aromatic N) is 5. The van der Waals surface area contributed by atoms with Crippen molar-refractivity contribution in [3.8, 4) is 24.0 Å². The van der Waals surface area contributed by atoms with Crippen molar-refractivity contribution in [3.63, 3.8) is 0 Å². The highest BCUT2D eigenvalue weighted by molar-refractivity contribution is 5.94. The van der Waals surface area contributed by atoms with Crippen molar-refractivity contribution in [2.45, 2.75) is 13.1 Å². The van der Waals surface area contributed by atoms with Crippen LogP contribution in [0, 0.1) is 19.3 Å². The standard InChI is InChI=1S/C23H19F3N6O3/c1-3-18-14(2)20(30-29-19(18)33)35-17-6-4-5-15(11-17)21(34)31-7-9-32(10-8-31)22-27-12-16(13-28-22)23(24,25)26/h1,4-6,11-13H,7-10H2,2H3,(H,29,33). The van der Waals surface area contributed by atoms with Crippen LogP contribution in [0.25, 0.3) is 0 Å². The molecule has 0 saturated carbocycles. The van der Waals surface area contributed by atoms with Crippen LogP contribution in [0.15, 0.2) is 41.5 Å². The lowest BCUT2D eigenvalue weighted by molar-refractivity contribution is -0.138. The van der Waals surface area contributed by atoms with Crippen LogP contribution in [0.4, 0.5) is 19.1 Å². The number of terminal acetylenes is 1. The predicted octanol–water partition coefficient (Wildman–Crippen LogP) is 2.62. The second-order valence-electron chi connectivity index (χ2n) is 7.68. The van der Waals surface area contributed by atoms with Crippen molar-refractivity contribution in [2.24, 2.45) is 0 Å². The Bertz CT molecular complexity index is 1340. The third-order valence-corrected chi connectivity index (χ3v) is 5.44. The molecule has 1 saturated heterocycles. The van der Waals surface area contributed by atoms with Crippen molar-refractivity contribution in [1.29, 1.82) is 0 Å². The molecule has 1 amide bonds. The number of rotatable bonds is 4. The summed E-state index contributed by atoms with van der Waals surface area (Å²) in [7, 11) is 0. The molecule has 180 valence electrons. The first kappa shape index (κ1) is 23.7. The lowest BCUT2D eigenvalue weighted by Gasteiger charge is -2.34. The largest absolute Gasteiger partial charge is 0.437 e. The zero-order valence-corrected chi connectivity index (χ0v) is 18.5. The summed E-state index contributed by atoms with van der Waals surface area (Å²) in [6.45, 7) is 3.01. The quantitative estimate of drug-likeness (QED) is 0.568. The molecule has 35 heavy (non-hydrogen) atoms. The molecule has 9 nitrogen and oxygen atoms in total. The number of carbonyl (C=O) groups is 1. The van der Waals surface area contributed by atoms with Crippen molar-refractivity contribution in [3.05, 3.63) is 69.3 Å². The van der Waals surface area contributed by atoms with E-state index in [1.54, 1.807) is 41.0 Å². The number of alkyl halides is 3. The minimum atomic E-state index is -4.50. The first-order valence-corrected chi connectivity index (χ1v) is 10.4. The second-order valence-corrected chi connectivity index (χ2v) is 7.68. The average Bonchev–Trinajstić information content (AvgIpc) is 2.85. The molecule has 0 unspecified atom stereocenters. The van der Waals surface area contributed by atoms with E-state index in [0.29, 0.717) is 43.1 Å². The highest BCUT2D eigenvalue weighted by atomic mass is 19.4. The number of hydrogen-bond acceptors (Lipinski definition) is 7. The molecule has 2 aromatic heterocycles. The van der Waals surface area contributed by atoms with E-state index in [2.05, 4.69) is 26.1 Å². The number of H-pyrrole nitrogens is 1. The Kier molecular flexibility index (Phi) is 6.42. The van der Waals surface area contributed by atoms with Crippen LogP contribution in [0.5, 0.6) is 11.6 Å². The minimum Gasteiger partial charge on any atom is -0.437 e. The fourth-order valence-electron chi connectivity index (χ4n) is 3.52. The fourth-order valence-corrected chi connectivity index (χ4v) is 3.52. The molecule has 1 N–H and O–H groups in total. The minimum absolute atomic E-state index is 0.108. The van der Waals surface area contributed by atoms with Crippen LogP contribution in [0.3, 0.4) is 0 Å². The lowest BCUT2D eigenvalue weighted by atomic mass is 10.1.